The van der Waals surface area contributed by atoms with Crippen molar-refractivity contribution >= 4 is 50.6 Å². The van der Waals surface area contributed by atoms with Gasteiger partial charge in [0.25, 0.3) is 5.91 Å². The van der Waals surface area contributed by atoms with E-state index >= 15 is 0 Å². The Kier molecular flexibility index (Phi) is 4.78. The fraction of sp³-hybridized carbons (Fsp3) is 0.0588. The smallest absolute Gasteiger partial charge is 0.348 e. The summed E-state index contributed by atoms with van der Waals surface area (Å²) in [6.45, 7) is -0.458. The first-order valence-electron chi connectivity index (χ1n) is 6.94. The number of amides is 1. The van der Waals surface area contributed by atoms with Crippen LogP contribution in [0.2, 0.25) is 5.02 Å². The van der Waals surface area contributed by atoms with E-state index in [4.69, 9.17) is 16.3 Å². The first-order valence-corrected chi connectivity index (χ1v) is 8.13. The molecule has 1 amide bonds. The van der Waals surface area contributed by atoms with Crippen molar-refractivity contribution in [1.82, 2.24) is 0 Å². The average Bonchev–Trinajstić information content (AvgIpc) is 3.00. The molecule has 0 fully saturated rings. The van der Waals surface area contributed by atoms with Gasteiger partial charge in [-0.05, 0) is 30.3 Å². The highest BCUT2D eigenvalue weighted by Crippen LogP contribution is 2.28. The van der Waals surface area contributed by atoms with Crippen molar-refractivity contribution < 1.29 is 18.7 Å². The van der Waals surface area contributed by atoms with Crippen LogP contribution in [0.5, 0.6) is 0 Å². The van der Waals surface area contributed by atoms with Crippen molar-refractivity contribution in [3.63, 3.8) is 0 Å². The van der Waals surface area contributed by atoms with Crippen molar-refractivity contribution in [3.05, 3.63) is 64.2 Å². The van der Waals surface area contributed by atoms with Crippen LogP contribution in [0, 0.1) is 5.82 Å². The number of para-hydroxylation sites is 1. The Hall–Kier alpha value is -2.44. The van der Waals surface area contributed by atoms with Gasteiger partial charge in [-0.25, -0.2) is 9.18 Å². The number of halogens is 2. The number of hydrogen-bond donors (Lipinski definition) is 1. The molecule has 0 aliphatic rings. The zero-order valence-corrected chi connectivity index (χ0v) is 13.8. The third kappa shape index (κ3) is 3.55. The number of benzene rings is 2. The van der Waals surface area contributed by atoms with Crippen LogP contribution >= 0.6 is 22.9 Å². The topological polar surface area (TPSA) is 55.4 Å². The fourth-order valence-electron chi connectivity index (χ4n) is 2.08. The molecule has 1 heterocycles. The molecule has 3 aromatic rings. The van der Waals surface area contributed by atoms with Crippen molar-refractivity contribution in [2.45, 2.75) is 0 Å². The van der Waals surface area contributed by atoms with E-state index in [-0.39, 0.29) is 4.88 Å². The summed E-state index contributed by atoms with van der Waals surface area (Å²) in [7, 11) is 0. The van der Waals surface area contributed by atoms with Crippen molar-refractivity contribution in [2.24, 2.45) is 0 Å². The number of rotatable bonds is 4. The number of fused-ring (bicyclic) bond motifs is 1. The summed E-state index contributed by atoms with van der Waals surface area (Å²) >= 11 is 7.04. The van der Waals surface area contributed by atoms with Gasteiger partial charge in [0.2, 0.25) is 0 Å². The van der Waals surface area contributed by atoms with E-state index in [0.29, 0.717) is 20.8 Å². The van der Waals surface area contributed by atoms with E-state index in [2.05, 4.69) is 5.32 Å². The predicted octanol–water partition coefficient (Wildman–Crippen LogP) is 4.49. The maximum Gasteiger partial charge on any atom is 0.348 e. The van der Waals surface area contributed by atoms with Gasteiger partial charge in [0.15, 0.2) is 6.61 Å². The Labute approximate surface area is 145 Å². The molecule has 24 heavy (non-hydrogen) atoms. The third-order valence-corrected chi connectivity index (χ3v) is 4.60. The van der Waals surface area contributed by atoms with E-state index in [9.17, 15) is 14.0 Å². The molecule has 0 bridgehead atoms. The number of anilines is 1. The Morgan fingerprint density at radius 3 is 2.71 bits per heavy atom. The highest BCUT2D eigenvalue weighted by molar-refractivity contribution is 7.20. The monoisotopic (exact) mass is 363 g/mol. The van der Waals surface area contributed by atoms with Crippen molar-refractivity contribution in [3.8, 4) is 0 Å². The van der Waals surface area contributed by atoms with E-state index in [1.54, 1.807) is 36.4 Å². The number of carbonyl (C=O) groups is 2. The van der Waals surface area contributed by atoms with Crippen LogP contribution in [0.4, 0.5) is 10.1 Å². The first-order chi connectivity index (χ1) is 11.5. The fourth-order valence-corrected chi connectivity index (χ4v) is 3.23. The van der Waals surface area contributed by atoms with Crippen LogP contribution < -0.4 is 5.32 Å². The second kappa shape index (κ2) is 6.98. The van der Waals surface area contributed by atoms with Gasteiger partial charge < -0.3 is 10.1 Å². The predicted molar refractivity (Wildman–Crippen MR) is 92.1 cm³/mol. The van der Waals surface area contributed by atoms with Crippen LogP contribution in [-0.2, 0) is 9.53 Å². The molecule has 0 atom stereocenters. The van der Waals surface area contributed by atoms with E-state index < -0.39 is 24.3 Å². The van der Waals surface area contributed by atoms with Crippen molar-refractivity contribution in [1.29, 1.82) is 0 Å². The summed E-state index contributed by atoms with van der Waals surface area (Å²) in [6, 6.07) is 12.7. The SMILES string of the molecule is O=C(COC(=O)c1cc2c(F)cccc2s1)Nc1ccccc1Cl. The van der Waals surface area contributed by atoms with Gasteiger partial charge in [-0.15, -0.1) is 11.3 Å². The Balaban J connectivity index is 1.63. The summed E-state index contributed by atoms with van der Waals surface area (Å²) in [5.41, 5.74) is 0.434. The van der Waals surface area contributed by atoms with E-state index in [1.165, 1.54) is 12.1 Å². The zero-order valence-electron chi connectivity index (χ0n) is 12.2. The molecule has 2 aromatic carbocycles. The number of carbonyl (C=O) groups excluding carboxylic acids is 2. The summed E-state index contributed by atoms with van der Waals surface area (Å²) in [6.07, 6.45) is 0. The first kappa shape index (κ1) is 16.4. The minimum atomic E-state index is -0.676. The maximum absolute atomic E-state index is 13.6. The lowest BCUT2D eigenvalue weighted by Crippen LogP contribution is -2.20. The Bertz CT molecular complexity index is 925. The number of nitrogens with one attached hydrogen (secondary N) is 1. The molecule has 1 N–H and O–H groups in total. The van der Waals surface area contributed by atoms with Crippen LogP contribution in [0.15, 0.2) is 48.5 Å². The normalized spacial score (nSPS) is 10.6. The number of ether oxygens (including phenoxy) is 1. The highest BCUT2D eigenvalue weighted by Gasteiger charge is 2.15. The number of thiophene rings is 1. The quantitative estimate of drug-likeness (QED) is 0.695. The molecule has 0 spiro atoms. The average molecular weight is 364 g/mol. The molecule has 0 aliphatic heterocycles. The maximum atomic E-state index is 13.6. The molecule has 0 radical (unpaired) electrons. The van der Waals surface area contributed by atoms with Gasteiger partial charge >= 0.3 is 5.97 Å². The summed E-state index contributed by atoms with van der Waals surface area (Å²) in [4.78, 5) is 24.1. The highest BCUT2D eigenvalue weighted by atomic mass is 35.5. The molecule has 7 heteroatoms. The molecule has 122 valence electrons. The molecule has 0 saturated heterocycles. The lowest BCUT2D eigenvalue weighted by atomic mass is 10.2. The van der Waals surface area contributed by atoms with Gasteiger partial charge in [0.1, 0.15) is 10.7 Å². The largest absolute Gasteiger partial charge is 0.451 e. The van der Waals surface area contributed by atoms with Crippen molar-refractivity contribution in [2.75, 3.05) is 11.9 Å². The molecule has 1 aromatic heterocycles. The van der Waals surface area contributed by atoms with Gasteiger partial charge in [-0.2, -0.15) is 0 Å². The second-order valence-electron chi connectivity index (χ2n) is 4.87. The lowest BCUT2D eigenvalue weighted by Gasteiger charge is -2.07. The van der Waals surface area contributed by atoms with Crippen LogP contribution in [-0.4, -0.2) is 18.5 Å². The van der Waals surface area contributed by atoms with Gasteiger partial charge in [0, 0.05) is 10.1 Å². The number of esters is 1. The van der Waals surface area contributed by atoms with Gasteiger partial charge in [-0.1, -0.05) is 29.8 Å². The standard InChI is InChI=1S/C17H11ClFNO3S/c18-11-4-1-2-6-13(11)20-16(21)9-23-17(22)15-8-10-12(19)5-3-7-14(10)24-15/h1-8H,9H2,(H,20,21). The second-order valence-corrected chi connectivity index (χ2v) is 6.36. The van der Waals surface area contributed by atoms with Crippen LogP contribution in [0.3, 0.4) is 0 Å². The minimum Gasteiger partial charge on any atom is -0.451 e. The molecule has 0 aliphatic carbocycles. The van der Waals surface area contributed by atoms with E-state index in [1.807, 2.05) is 0 Å². The summed E-state index contributed by atoms with van der Waals surface area (Å²) in [5.74, 6) is -1.59. The van der Waals surface area contributed by atoms with Gasteiger partial charge in [0.05, 0.1) is 10.7 Å². The van der Waals surface area contributed by atoms with Crippen LogP contribution in [0.1, 0.15) is 9.67 Å². The Morgan fingerprint density at radius 1 is 1.17 bits per heavy atom. The van der Waals surface area contributed by atoms with Crippen LogP contribution in [0.25, 0.3) is 10.1 Å². The molecule has 3 rings (SSSR count). The number of hydrogen-bond acceptors (Lipinski definition) is 4. The molecule has 4 nitrogen and oxygen atoms in total. The summed E-state index contributed by atoms with van der Waals surface area (Å²) < 4.78 is 19.2. The molecule has 0 unspecified atom stereocenters. The lowest BCUT2D eigenvalue weighted by molar-refractivity contribution is -0.119. The van der Waals surface area contributed by atoms with E-state index in [0.717, 1.165) is 11.3 Å². The summed E-state index contributed by atoms with van der Waals surface area (Å²) in [5, 5.41) is 3.29. The Morgan fingerprint density at radius 2 is 1.96 bits per heavy atom. The molecular weight excluding hydrogens is 353 g/mol. The molecular formula is C17H11ClFNO3S. The zero-order chi connectivity index (χ0) is 17.1. The molecule has 0 saturated carbocycles. The van der Waals surface area contributed by atoms with Gasteiger partial charge in [-0.3, -0.25) is 4.79 Å². The minimum absolute atomic E-state index is 0.237. The third-order valence-electron chi connectivity index (χ3n) is 3.19.